The molecule has 3 rings (SSSR count). The van der Waals surface area contributed by atoms with Crippen molar-refractivity contribution in [2.45, 2.75) is 45.1 Å². The Morgan fingerprint density at radius 3 is 2.74 bits per heavy atom. The highest BCUT2D eigenvalue weighted by molar-refractivity contribution is 5.67. The molecule has 2 saturated heterocycles. The van der Waals surface area contributed by atoms with E-state index in [0.717, 1.165) is 50.7 Å². The molecule has 0 N–H and O–H groups in total. The van der Waals surface area contributed by atoms with Crippen molar-refractivity contribution < 1.29 is 9.53 Å². The quantitative estimate of drug-likeness (QED) is 0.845. The molecular formula is C16H27N5O2. The molecule has 2 aliphatic heterocycles. The average molecular weight is 321 g/mol. The number of rotatable bonds is 4. The van der Waals surface area contributed by atoms with Gasteiger partial charge in [0.25, 0.3) is 0 Å². The van der Waals surface area contributed by atoms with Gasteiger partial charge in [0.15, 0.2) is 0 Å². The zero-order valence-corrected chi connectivity index (χ0v) is 14.2. The molecule has 3 heterocycles. The Morgan fingerprint density at radius 1 is 1.22 bits per heavy atom. The Morgan fingerprint density at radius 2 is 2.00 bits per heavy atom. The molecule has 0 bridgehead atoms. The number of hydrogen-bond acceptors (Lipinski definition) is 5. The van der Waals surface area contributed by atoms with Crippen LogP contribution in [0.3, 0.4) is 0 Å². The van der Waals surface area contributed by atoms with Crippen LogP contribution in [0.4, 0.5) is 4.79 Å². The minimum absolute atomic E-state index is 0.211. The van der Waals surface area contributed by atoms with Crippen molar-refractivity contribution in [3.63, 3.8) is 0 Å². The number of carbonyl (C=O) groups is 1. The summed E-state index contributed by atoms with van der Waals surface area (Å²) in [6.45, 7) is 6.89. The first kappa shape index (κ1) is 16.2. The first-order valence-electron chi connectivity index (χ1n) is 8.71. The Kier molecular flexibility index (Phi) is 5.15. The van der Waals surface area contributed by atoms with E-state index in [1.54, 1.807) is 4.90 Å². The van der Waals surface area contributed by atoms with Gasteiger partial charge in [-0.3, -0.25) is 4.90 Å². The Labute approximate surface area is 137 Å². The number of aromatic nitrogens is 3. The van der Waals surface area contributed by atoms with Crippen LogP contribution in [0.15, 0.2) is 0 Å². The fraction of sp³-hybridized carbons (Fsp3) is 0.812. The third kappa shape index (κ3) is 3.65. The lowest BCUT2D eigenvalue weighted by Gasteiger charge is -2.31. The van der Waals surface area contributed by atoms with E-state index in [1.807, 2.05) is 14.0 Å². The lowest BCUT2D eigenvalue weighted by molar-refractivity contribution is 0.0949. The molecular weight excluding hydrogens is 294 g/mol. The first-order valence-corrected chi connectivity index (χ1v) is 8.71. The summed E-state index contributed by atoms with van der Waals surface area (Å²) < 4.78 is 7.25. The summed E-state index contributed by atoms with van der Waals surface area (Å²) in [4.78, 5) is 16.2. The first-order chi connectivity index (χ1) is 11.2. The van der Waals surface area contributed by atoms with Crippen molar-refractivity contribution in [2.24, 2.45) is 7.05 Å². The maximum absolute atomic E-state index is 11.9. The SMILES string of the molecule is CCOC(=O)N1CCC[C@@H](c2nnc(CN3CCCC3)n2C)C1. The van der Waals surface area contributed by atoms with Gasteiger partial charge in [0.2, 0.25) is 0 Å². The maximum atomic E-state index is 11.9. The van der Waals surface area contributed by atoms with Crippen LogP contribution in [0.5, 0.6) is 0 Å². The standard InChI is InChI=1S/C16H27N5O2/c1-3-23-16(22)21-10-6-7-13(11-21)15-18-17-14(19(15)2)12-20-8-4-5-9-20/h13H,3-12H2,1-2H3/t13-/m1/s1. The summed E-state index contributed by atoms with van der Waals surface area (Å²) in [5.41, 5.74) is 0. The van der Waals surface area contributed by atoms with Crippen molar-refractivity contribution in [1.82, 2.24) is 24.6 Å². The number of amides is 1. The van der Waals surface area contributed by atoms with Gasteiger partial charge in [0.05, 0.1) is 13.2 Å². The average Bonchev–Trinajstić information content (AvgIpc) is 3.19. The molecule has 0 unspecified atom stereocenters. The number of ether oxygens (including phenoxy) is 1. The van der Waals surface area contributed by atoms with Crippen molar-refractivity contribution in [3.8, 4) is 0 Å². The molecule has 1 aromatic heterocycles. The molecule has 23 heavy (non-hydrogen) atoms. The van der Waals surface area contributed by atoms with Crippen molar-refractivity contribution in [3.05, 3.63) is 11.6 Å². The fourth-order valence-corrected chi connectivity index (χ4v) is 3.58. The lowest BCUT2D eigenvalue weighted by atomic mass is 9.97. The molecule has 2 aliphatic rings. The molecule has 1 atom stereocenters. The van der Waals surface area contributed by atoms with E-state index in [0.29, 0.717) is 13.2 Å². The second kappa shape index (κ2) is 7.29. The van der Waals surface area contributed by atoms with Gasteiger partial charge in [-0.05, 0) is 45.7 Å². The minimum Gasteiger partial charge on any atom is -0.450 e. The smallest absolute Gasteiger partial charge is 0.409 e. The third-order valence-corrected chi connectivity index (χ3v) is 4.87. The maximum Gasteiger partial charge on any atom is 0.409 e. The second-order valence-electron chi connectivity index (χ2n) is 6.50. The van der Waals surface area contributed by atoms with E-state index in [2.05, 4.69) is 19.7 Å². The van der Waals surface area contributed by atoms with Crippen LogP contribution in [-0.4, -0.2) is 63.4 Å². The second-order valence-corrected chi connectivity index (χ2v) is 6.50. The van der Waals surface area contributed by atoms with Crippen LogP contribution in [0.1, 0.15) is 50.2 Å². The third-order valence-electron chi connectivity index (χ3n) is 4.87. The molecule has 7 heteroatoms. The Bertz CT molecular complexity index is 539. The van der Waals surface area contributed by atoms with Gasteiger partial charge in [0.1, 0.15) is 11.6 Å². The van der Waals surface area contributed by atoms with Gasteiger partial charge >= 0.3 is 6.09 Å². The number of piperidine rings is 1. The molecule has 0 aromatic carbocycles. The van der Waals surface area contributed by atoms with E-state index in [4.69, 9.17) is 4.74 Å². The molecule has 128 valence electrons. The van der Waals surface area contributed by atoms with E-state index in [-0.39, 0.29) is 12.0 Å². The minimum atomic E-state index is -0.211. The molecule has 2 fully saturated rings. The van der Waals surface area contributed by atoms with Crippen LogP contribution >= 0.6 is 0 Å². The van der Waals surface area contributed by atoms with Crippen LogP contribution < -0.4 is 0 Å². The Balaban J connectivity index is 1.66. The van der Waals surface area contributed by atoms with Gasteiger partial charge in [-0.25, -0.2) is 4.79 Å². The highest BCUT2D eigenvalue weighted by atomic mass is 16.6. The molecule has 1 aromatic rings. The van der Waals surface area contributed by atoms with Gasteiger partial charge < -0.3 is 14.2 Å². The van der Waals surface area contributed by atoms with E-state index < -0.39 is 0 Å². The topological polar surface area (TPSA) is 63.5 Å². The molecule has 1 amide bonds. The highest BCUT2D eigenvalue weighted by Gasteiger charge is 2.29. The summed E-state index contributed by atoms with van der Waals surface area (Å²) in [6.07, 6.45) is 4.38. The summed E-state index contributed by atoms with van der Waals surface area (Å²) in [7, 11) is 2.05. The summed E-state index contributed by atoms with van der Waals surface area (Å²) in [6, 6.07) is 0. The van der Waals surface area contributed by atoms with E-state index in [9.17, 15) is 4.79 Å². The van der Waals surface area contributed by atoms with Crippen molar-refractivity contribution in [2.75, 3.05) is 32.8 Å². The predicted molar refractivity (Wildman–Crippen MR) is 86.1 cm³/mol. The molecule has 7 nitrogen and oxygen atoms in total. The zero-order valence-electron chi connectivity index (χ0n) is 14.2. The predicted octanol–water partition coefficient (Wildman–Crippen LogP) is 1.75. The molecule has 0 aliphatic carbocycles. The van der Waals surface area contributed by atoms with E-state index in [1.165, 1.54) is 12.8 Å². The zero-order chi connectivity index (χ0) is 16.2. The lowest BCUT2D eigenvalue weighted by Crippen LogP contribution is -2.40. The van der Waals surface area contributed by atoms with E-state index >= 15 is 0 Å². The van der Waals surface area contributed by atoms with Crippen molar-refractivity contribution in [1.29, 1.82) is 0 Å². The molecule has 0 radical (unpaired) electrons. The number of nitrogens with zero attached hydrogens (tertiary/aromatic N) is 5. The summed E-state index contributed by atoms with van der Waals surface area (Å²) in [5, 5.41) is 8.83. The van der Waals surface area contributed by atoms with Gasteiger partial charge in [-0.1, -0.05) is 0 Å². The van der Waals surface area contributed by atoms with Crippen LogP contribution in [0, 0.1) is 0 Å². The summed E-state index contributed by atoms with van der Waals surface area (Å²) >= 11 is 0. The molecule has 0 saturated carbocycles. The normalized spacial score (nSPS) is 22.5. The van der Waals surface area contributed by atoms with Crippen LogP contribution in [0.25, 0.3) is 0 Å². The van der Waals surface area contributed by atoms with Crippen LogP contribution in [-0.2, 0) is 18.3 Å². The fourth-order valence-electron chi connectivity index (χ4n) is 3.58. The van der Waals surface area contributed by atoms with Gasteiger partial charge in [-0.2, -0.15) is 0 Å². The molecule has 0 spiro atoms. The number of hydrogen-bond donors (Lipinski definition) is 0. The number of likely N-dealkylation sites (tertiary alicyclic amines) is 2. The van der Waals surface area contributed by atoms with Crippen LogP contribution in [0.2, 0.25) is 0 Å². The Hall–Kier alpha value is -1.63. The van der Waals surface area contributed by atoms with Crippen molar-refractivity contribution >= 4 is 6.09 Å². The van der Waals surface area contributed by atoms with Gasteiger partial charge in [0, 0.05) is 26.1 Å². The highest BCUT2D eigenvalue weighted by Crippen LogP contribution is 2.26. The van der Waals surface area contributed by atoms with Gasteiger partial charge in [-0.15, -0.1) is 10.2 Å². The monoisotopic (exact) mass is 321 g/mol. The number of carbonyl (C=O) groups excluding carboxylic acids is 1. The summed E-state index contributed by atoms with van der Waals surface area (Å²) in [5.74, 6) is 2.27. The largest absolute Gasteiger partial charge is 0.450 e.